The molecule has 0 N–H and O–H groups in total. The summed E-state index contributed by atoms with van der Waals surface area (Å²) >= 11 is 0. The Labute approximate surface area is 204 Å². The highest BCUT2D eigenvalue weighted by Gasteiger charge is 2.05. The van der Waals surface area contributed by atoms with Crippen LogP contribution in [0.2, 0.25) is 0 Å². The van der Waals surface area contributed by atoms with Crippen LogP contribution in [0.15, 0.2) is 73.7 Å². The Hall–Kier alpha value is -3.11. The molecule has 0 bridgehead atoms. The number of unbranched alkanes of at least 4 members (excludes halogenated alkanes) is 3. The molecule has 0 spiro atoms. The molecule has 34 heavy (non-hydrogen) atoms. The molecule has 4 heteroatoms. The van der Waals surface area contributed by atoms with E-state index in [0.29, 0.717) is 11.9 Å². The number of ether oxygens (including phenoxy) is 1. The topological polar surface area (TPSA) is 47.9 Å². The van der Waals surface area contributed by atoms with Crippen LogP contribution >= 0.6 is 0 Å². The van der Waals surface area contributed by atoms with Crippen LogP contribution < -0.4 is 0 Å². The third-order valence-electron chi connectivity index (χ3n) is 5.77. The molecule has 2 aromatic heterocycles. The van der Waals surface area contributed by atoms with Crippen LogP contribution in [-0.4, -0.2) is 27.7 Å². The zero-order valence-electron chi connectivity index (χ0n) is 20.6. The summed E-state index contributed by atoms with van der Waals surface area (Å²) in [4.78, 5) is 13.5. The van der Waals surface area contributed by atoms with Gasteiger partial charge in [0.05, 0.1) is 6.10 Å². The minimum absolute atomic E-state index is 0.352. The molecule has 1 unspecified atom stereocenters. The Balaban J connectivity index is 1.46. The van der Waals surface area contributed by atoms with Gasteiger partial charge in [0, 0.05) is 30.8 Å². The second-order valence-corrected chi connectivity index (χ2v) is 8.68. The maximum Gasteiger partial charge on any atom is 0.178 e. The summed E-state index contributed by atoms with van der Waals surface area (Å²) < 4.78 is 5.87. The smallest absolute Gasteiger partial charge is 0.178 e. The van der Waals surface area contributed by atoms with Gasteiger partial charge >= 0.3 is 0 Å². The van der Waals surface area contributed by atoms with Crippen LogP contribution in [0.1, 0.15) is 63.5 Å². The molecule has 0 saturated carbocycles. The van der Waals surface area contributed by atoms with Crippen molar-refractivity contribution in [2.24, 2.45) is 0 Å². The molecule has 3 aromatic rings. The number of aromatic nitrogens is 3. The third kappa shape index (κ3) is 8.35. The summed E-state index contributed by atoms with van der Waals surface area (Å²) in [5, 5.41) is 0. The van der Waals surface area contributed by atoms with Crippen LogP contribution in [-0.2, 0) is 11.2 Å². The first kappa shape index (κ1) is 25.5. The van der Waals surface area contributed by atoms with Crippen molar-refractivity contribution < 1.29 is 4.74 Å². The largest absolute Gasteiger partial charge is 0.379 e. The van der Waals surface area contributed by atoms with Gasteiger partial charge in [0.1, 0.15) is 5.69 Å². The SMILES string of the molecule is C=CCc1ccc(-c2ncc(-c3ccc(/C=C/CCCC(C)OCCCCC)cc3)cn2)nc1. The molecule has 2 heterocycles. The van der Waals surface area contributed by atoms with E-state index < -0.39 is 0 Å². The predicted molar refractivity (Wildman–Crippen MR) is 142 cm³/mol. The molecule has 1 aromatic carbocycles. The molecule has 0 aliphatic rings. The first-order valence-corrected chi connectivity index (χ1v) is 12.5. The number of benzene rings is 1. The van der Waals surface area contributed by atoms with E-state index >= 15 is 0 Å². The van der Waals surface area contributed by atoms with Crippen molar-refractivity contribution in [2.45, 2.75) is 64.9 Å². The van der Waals surface area contributed by atoms with Gasteiger partial charge in [0.15, 0.2) is 5.82 Å². The second-order valence-electron chi connectivity index (χ2n) is 8.68. The Morgan fingerprint density at radius 3 is 2.38 bits per heavy atom. The lowest BCUT2D eigenvalue weighted by Gasteiger charge is -2.12. The molecule has 178 valence electrons. The van der Waals surface area contributed by atoms with Crippen molar-refractivity contribution in [3.8, 4) is 22.6 Å². The third-order valence-corrected chi connectivity index (χ3v) is 5.77. The molecule has 0 radical (unpaired) electrons. The van der Waals surface area contributed by atoms with Crippen LogP contribution in [0.25, 0.3) is 28.7 Å². The summed E-state index contributed by atoms with van der Waals surface area (Å²) in [5.41, 5.74) is 5.21. The average molecular weight is 456 g/mol. The van der Waals surface area contributed by atoms with E-state index in [1.54, 1.807) is 0 Å². The highest BCUT2D eigenvalue weighted by Crippen LogP contribution is 2.21. The normalized spacial score (nSPS) is 12.2. The molecule has 0 amide bonds. The average Bonchev–Trinajstić information content (AvgIpc) is 2.88. The Bertz CT molecular complexity index is 1010. The quantitative estimate of drug-likeness (QED) is 0.184. The van der Waals surface area contributed by atoms with Crippen molar-refractivity contribution in [1.29, 1.82) is 0 Å². The van der Waals surface area contributed by atoms with Crippen LogP contribution in [0.5, 0.6) is 0 Å². The standard InChI is InChI=1S/C30H37N3O/c1-4-6-10-20-34-24(3)12-8-7-9-13-25-14-17-27(18-15-25)28-22-32-30(33-23-28)29-19-16-26(11-5-2)21-31-29/h5,9,13-19,21-24H,2,4,6-8,10-12,20H2,1,3H3/b13-9+. The number of nitrogens with zero attached hydrogens (tertiary/aromatic N) is 3. The van der Waals surface area contributed by atoms with Gasteiger partial charge in [0.25, 0.3) is 0 Å². The van der Waals surface area contributed by atoms with Crippen molar-refractivity contribution in [3.05, 3.63) is 84.8 Å². The monoisotopic (exact) mass is 455 g/mol. The summed E-state index contributed by atoms with van der Waals surface area (Å²) in [7, 11) is 0. The van der Waals surface area contributed by atoms with E-state index in [-0.39, 0.29) is 0 Å². The van der Waals surface area contributed by atoms with Gasteiger partial charge in [-0.2, -0.15) is 0 Å². The molecule has 0 aliphatic carbocycles. The van der Waals surface area contributed by atoms with Crippen LogP contribution in [0, 0.1) is 0 Å². The zero-order chi connectivity index (χ0) is 24.0. The van der Waals surface area contributed by atoms with Crippen molar-refractivity contribution >= 4 is 6.08 Å². The molecule has 1 atom stereocenters. The number of pyridine rings is 1. The first-order valence-electron chi connectivity index (χ1n) is 12.5. The molecule has 0 aliphatic heterocycles. The van der Waals surface area contributed by atoms with E-state index in [9.17, 15) is 0 Å². The Morgan fingerprint density at radius 1 is 0.912 bits per heavy atom. The van der Waals surface area contributed by atoms with Gasteiger partial charge in [-0.15, -0.1) is 6.58 Å². The van der Waals surface area contributed by atoms with E-state index in [2.05, 4.69) is 71.8 Å². The maximum atomic E-state index is 5.87. The fourth-order valence-corrected chi connectivity index (χ4v) is 3.70. The van der Waals surface area contributed by atoms with Crippen LogP contribution in [0.4, 0.5) is 0 Å². The molecule has 0 saturated heterocycles. The number of hydrogen-bond acceptors (Lipinski definition) is 4. The predicted octanol–water partition coefficient (Wildman–Crippen LogP) is 7.71. The summed E-state index contributed by atoms with van der Waals surface area (Å²) in [5.74, 6) is 0.633. The highest BCUT2D eigenvalue weighted by molar-refractivity contribution is 5.65. The lowest BCUT2D eigenvalue weighted by Crippen LogP contribution is -2.08. The van der Waals surface area contributed by atoms with Gasteiger partial charge in [-0.1, -0.05) is 68.3 Å². The highest BCUT2D eigenvalue weighted by atomic mass is 16.5. The van der Waals surface area contributed by atoms with Gasteiger partial charge in [-0.05, 0) is 61.8 Å². The molecular weight excluding hydrogens is 418 g/mol. The molecule has 3 rings (SSSR count). The Kier molecular flexibility index (Phi) is 10.7. The van der Waals surface area contributed by atoms with Gasteiger partial charge in [0.2, 0.25) is 0 Å². The van der Waals surface area contributed by atoms with Crippen LogP contribution in [0.3, 0.4) is 0 Å². The first-order chi connectivity index (χ1) is 16.7. The maximum absolute atomic E-state index is 5.87. The summed E-state index contributed by atoms with van der Waals surface area (Å²) in [6, 6.07) is 12.5. The number of rotatable bonds is 14. The number of allylic oxidation sites excluding steroid dienone is 2. The van der Waals surface area contributed by atoms with Crippen molar-refractivity contribution in [1.82, 2.24) is 15.0 Å². The lowest BCUT2D eigenvalue weighted by molar-refractivity contribution is 0.0566. The second kappa shape index (κ2) is 14.2. The minimum atomic E-state index is 0.352. The molecule has 4 nitrogen and oxygen atoms in total. The lowest BCUT2D eigenvalue weighted by atomic mass is 10.1. The van der Waals surface area contributed by atoms with E-state index in [1.807, 2.05) is 36.8 Å². The molecular formula is C30H37N3O. The fourth-order valence-electron chi connectivity index (χ4n) is 3.70. The van der Waals surface area contributed by atoms with Crippen molar-refractivity contribution in [2.75, 3.05) is 6.61 Å². The minimum Gasteiger partial charge on any atom is -0.379 e. The molecule has 0 fully saturated rings. The zero-order valence-corrected chi connectivity index (χ0v) is 20.6. The Morgan fingerprint density at radius 2 is 1.71 bits per heavy atom. The summed E-state index contributed by atoms with van der Waals surface area (Å²) in [6.07, 6.45) is 20.1. The van der Waals surface area contributed by atoms with Gasteiger partial charge in [-0.3, -0.25) is 4.98 Å². The van der Waals surface area contributed by atoms with Gasteiger partial charge in [-0.25, -0.2) is 9.97 Å². The van der Waals surface area contributed by atoms with E-state index in [1.165, 1.54) is 24.8 Å². The number of hydrogen-bond donors (Lipinski definition) is 0. The fraction of sp³-hybridized carbons (Fsp3) is 0.367. The summed E-state index contributed by atoms with van der Waals surface area (Å²) in [6.45, 7) is 9.06. The van der Waals surface area contributed by atoms with E-state index in [4.69, 9.17) is 4.74 Å². The van der Waals surface area contributed by atoms with Crippen molar-refractivity contribution in [3.63, 3.8) is 0 Å². The van der Waals surface area contributed by atoms with Gasteiger partial charge < -0.3 is 4.74 Å². The van der Waals surface area contributed by atoms with E-state index in [0.717, 1.165) is 54.7 Å².